The first-order valence-electron chi connectivity index (χ1n) is 11.5. The van der Waals surface area contributed by atoms with E-state index < -0.39 is 5.91 Å². The summed E-state index contributed by atoms with van der Waals surface area (Å²) in [5.41, 5.74) is 1.24. The molecule has 1 aliphatic heterocycles. The molecule has 0 atom stereocenters. The van der Waals surface area contributed by atoms with Crippen molar-refractivity contribution in [2.45, 2.75) is 19.8 Å². The lowest BCUT2D eigenvalue weighted by atomic mass is 10.1. The van der Waals surface area contributed by atoms with Crippen LogP contribution >= 0.6 is 23.4 Å². The van der Waals surface area contributed by atoms with Crippen molar-refractivity contribution in [1.82, 2.24) is 4.90 Å². The molecule has 2 amide bonds. The number of ether oxygens (including phenoxy) is 2. The molecular weight excluding hydrogens is 502 g/mol. The van der Waals surface area contributed by atoms with Gasteiger partial charge >= 0.3 is 5.97 Å². The lowest BCUT2D eigenvalue weighted by Gasteiger charge is -2.13. The molecule has 7 nitrogen and oxygen atoms in total. The molecule has 2 heterocycles. The summed E-state index contributed by atoms with van der Waals surface area (Å²) < 4.78 is 16.7. The van der Waals surface area contributed by atoms with E-state index in [4.69, 9.17) is 25.5 Å². The van der Waals surface area contributed by atoms with Gasteiger partial charge in [0.05, 0.1) is 23.6 Å². The third kappa shape index (κ3) is 6.38. The Morgan fingerprint density at radius 3 is 2.50 bits per heavy atom. The lowest BCUT2D eigenvalue weighted by molar-refractivity contribution is -0.123. The summed E-state index contributed by atoms with van der Waals surface area (Å²) in [4.78, 5) is 38.6. The molecular formula is C27H24ClNO6S. The van der Waals surface area contributed by atoms with Gasteiger partial charge in [0.1, 0.15) is 23.9 Å². The van der Waals surface area contributed by atoms with E-state index in [1.807, 2.05) is 6.92 Å². The van der Waals surface area contributed by atoms with E-state index in [1.54, 1.807) is 66.7 Å². The van der Waals surface area contributed by atoms with Crippen LogP contribution in [0.15, 0.2) is 70.0 Å². The van der Waals surface area contributed by atoms with Gasteiger partial charge in [0, 0.05) is 16.7 Å². The summed E-state index contributed by atoms with van der Waals surface area (Å²) in [5.74, 6) is 0.864. The van der Waals surface area contributed by atoms with Crippen molar-refractivity contribution in [2.24, 2.45) is 0 Å². The highest BCUT2D eigenvalue weighted by Crippen LogP contribution is 2.33. The molecule has 0 unspecified atom stereocenters. The van der Waals surface area contributed by atoms with E-state index in [9.17, 15) is 14.4 Å². The van der Waals surface area contributed by atoms with Gasteiger partial charge in [-0.2, -0.15) is 0 Å². The van der Waals surface area contributed by atoms with Crippen molar-refractivity contribution in [1.29, 1.82) is 0 Å². The highest BCUT2D eigenvalue weighted by atomic mass is 35.5. The summed E-state index contributed by atoms with van der Waals surface area (Å²) in [7, 11) is 0. The van der Waals surface area contributed by atoms with Crippen LogP contribution in [0.1, 0.15) is 35.9 Å². The Balaban J connectivity index is 1.35. The van der Waals surface area contributed by atoms with Gasteiger partial charge in [-0.15, -0.1) is 0 Å². The largest absolute Gasteiger partial charge is 0.492 e. The summed E-state index contributed by atoms with van der Waals surface area (Å²) in [5, 5.41) is 0.234. The number of esters is 1. The second-order valence-corrected chi connectivity index (χ2v) is 9.33. The van der Waals surface area contributed by atoms with E-state index in [0.29, 0.717) is 34.5 Å². The summed E-state index contributed by atoms with van der Waals surface area (Å²) in [6.45, 7) is 2.73. The van der Waals surface area contributed by atoms with Gasteiger partial charge in [0.2, 0.25) is 0 Å². The molecule has 0 radical (unpaired) electrons. The number of furan rings is 1. The minimum Gasteiger partial charge on any atom is -0.492 e. The van der Waals surface area contributed by atoms with Gasteiger partial charge in [0.15, 0.2) is 0 Å². The van der Waals surface area contributed by atoms with Crippen LogP contribution in [0.3, 0.4) is 0 Å². The summed E-state index contributed by atoms with van der Waals surface area (Å²) in [6, 6.07) is 17.2. The molecule has 3 aromatic rings. The quantitative estimate of drug-likeness (QED) is 0.166. The van der Waals surface area contributed by atoms with Crippen LogP contribution in [0.2, 0.25) is 5.02 Å². The Bertz CT molecular complexity index is 1270. The predicted octanol–water partition coefficient (Wildman–Crippen LogP) is 6.67. The molecule has 0 aliphatic carbocycles. The topological polar surface area (TPSA) is 86.0 Å². The van der Waals surface area contributed by atoms with Crippen LogP contribution in [0.4, 0.5) is 4.79 Å². The van der Waals surface area contributed by atoms with Gasteiger partial charge < -0.3 is 13.9 Å². The average Bonchev–Trinajstić information content (AvgIpc) is 3.45. The number of halogens is 1. The molecule has 4 rings (SSSR count). The van der Waals surface area contributed by atoms with Crippen molar-refractivity contribution in [3.8, 4) is 17.1 Å². The van der Waals surface area contributed by atoms with Crippen LogP contribution in [0, 0.1) is 0 Å². The molecule has 1 saturated heterocycles. The zero-order valence-corrected chi connectivity index (χ0v) is 21.1. The number of benzene rings is 2. The number of carbonyl (C=O) groups excluding carboxylic acids is 3. The molecule has 0 spiro atoms. The van der Waals surface area contributed by atoms with Crippen molar-refractivity contribution in [2.75, 3.05) is 19.8 Å². The maximum Gasteiger partial charge on any atom is 0.338 e. The number of unbranched alkanes of at least 4 members (excludes halogenated alkanes) is 1. The third-order valence-electron chi connectivity index (χ3n) is 5.31. The first-order valence-corrected chi connectivity index (χ1v) is 12.6. The summed E-state index contributed by atoms with van der Waals surface area (Å²) in [6.07, 6.45) is 3.34. The smallest absolute Gasteiger partial charge is 0.338 e. The molecule has 0 saturated carbocycles. The van der Waals surface area contributed by atoms with Crippen molar-refractivity contribution in [3.63, 3.8) is 0 Å². The fraction of sp³-hybridized carbons (Fsp3) is 0.222. The Morgan fingerprint density at radius 2 is 1.78 bits per heavy atom. The van der Waals surface area contributed by atoms with Crippen molar-refractivity contribution < 1.29 is 28.3 Å². The van der Waals surface area contributed by atoms with Crippen LogP contribution in [0.5, 0.6) is 5.75 Å². The Morgan fingerprint density at radius 1 is 1.03 bits per heavy atom. The molecule has 36 heavy (non-hydrogen) atoms. The molecule has 186 valence electrons. The highest BCUT2D eigenvalue weighted by Gasteiger charge is 2.35. The molecule has 1 aliphatic rings. The van der Waals surface area contributed by atoms with Crippen molar-refractivity contribution >= 4 is 46.6 Å². The van der Waals surface area contributed by atoms with Gasteiger partial charge in [0.25, 0.3) is 11.1 Å². The standard InChI is InChI=1S/C27H24ClNO6S/c1-2-3-15-34-26(31)19-6-4-18(5-7-19)23-13-12-22(35-23)17-24-25(30)29(27(32)36-24)14-16-33-21-10-8-20(28)9-11-21/h4-13,17H,2-3,14-16H2,1H3/b24-17-. The van der Waals surface area contributed by atoms with Gasteiger partial charge in [-0.3, -0.25) is 14.5 Å². The first kappa shape index (κ1) is 25.6. The summed E-state index contributed by atoms with van der Waals surface area (Å²) >= 11 is 6.71. The number of nitrogens with zero attached hydrogens (tertiary/aromatic N) is 1. The van der Waals surface area contributed by atoms with Crippen LogP contribution in [-0.4, -0.2) is 41.8 Å². The second-order valence-electron chi connectivity index (χ2n) is 7.90. The number of imide groups is 1. The molecule has 1 aromatic heterocycles. The van der Waals surface area contributed by atoms with Gasteiger partial charge in [-0.05, 0) is 66.7 Å². The monoisotopic (exact) mass is 525 g/mol. The predicted molar refractivity (Wildman–Crippen MR) is 139 cm³/mol. The van der Waals surface area contributed by atoms with Crippen LogP contribution < -0.4 is 4.74 Å². The Kier molecular flexibility index (Phi) is 8.51. The average molecular weight is 526 g/mol. The van der Waals surface area contributed by atoms with E-state index in [1.165, 1.54) is 0 Å². The van der Waals surface area contributed by atoms with Crippen LogP contribution in [-0.2, 0) is 9.53 Å². The minimum atomic E-state index is -0.395. The molecule has 1 fully saturated rings. The maximum atomic E-state index is 12.7. The van der Waals surface area contributed by atoms with Gasteiger partial charge in [-0.25, -0.2) is 4.79 Å². The maximum absolute atomic E-state index is 12.7. The Hall–Kier alpha value is -3.49. The fourth-order valence-corrected chi connectivity index (χ4v) is 4.33. The van der Waals surface area contributed by atoms with Crippen LogP contribution in [0.25, 0.3) is 17.4 Å². The van der Waals surface area contributed by atoms with E-state index in [-0.39, 0.29) is 29.3 Å². The third-order valence-corrected chi connectivity index (χ3v) is 6.47. The Labute approximate surface area is 218 Å². The van der Waals surface area contributed by atoms with E-state index in [2.05, 4.69) is 0 Å². The molecule has 0 bridgehead atoms. The van der Waals surface area contributed by atoms with E-state index >= 15 is 0 Å². The first-order chi connectivity index (χ1) is 17.4. The normalized spacial score (nSPS) is 14.5. The molecule has 9 heteroatoms. The highest BCUT2D eigenvalue weighted by molar-refractivity contribution is 8.18. The number of carbonyl (C=O) groups is 3. The zero-order chi connectivity index (χ0) is 25.5. The molecule has 2 aromatic carbocycles. The minimum absolute atomic E-state index is 0.126. The second kappa shape index (κ2) is 12.0. The zero-order valence-electron chi connectivity index (χ0n) is 19.6. The molecule has 0 N–H and O–H groups in total. The van der Waals surface area contributed by atoms with Gasteiger partial charge in [-0.1, -0.05) is 37.1 Å². The fourth-order valence-electron chi connectivity index (χ4n) is 3.36. The SMILES string of the molecule is CCCCOC(=O)c1ccc(-c2ccc(/C=C3\SC(=O)N(CCOc4ccc(Cl)cc4)C3=O)o2)cc1. The number of thioether (sulfide) groups is 1. The number of hydrogen-bond acceptors (Lipinski definition) is 7. The lowest BCUT2D eigenvalue weighted by Crippen LogP contribution is -2.32. The van der Waals surface area contributed by atoms with E-state index in [0.717, 1.165) is 35.1 Å². The van der Waals surface area contributed by atoms with Crippen molar-refractivity contribution in [3.05, 3.63) is 81.9 Å². The number of rotatable bonds is 10. The number of amides is 2. The number of hydrogen-bond donors (Lipinski definition) is 0.